The lowest BCUT2D eigenvalue weighted by Gasteiger charge is -2.10. The first-order chi connectivity index (χ1) is 12.5. The number of methoxy groups -OCH3 is 1. The Labute approximate surface area is 154 Å². The third-order valence-corrected chi connectivity index (χ3v) is 5.28. The maximum Gasteiger partial charge on any atom is 0.341 e. The molecule has 1 heterocycles. The first-order valence-corrected chi connectivity index (χ1v) is 8.87. The smallest absolute Gasteiger partial charge is 0.341 e. The van der Waals surface area contributed by atoms with Gasteiger partial charge in [-0.2, -0.15) is 0 Å². The molecule has 0 bridgehead atoms. The lowest BCUT2D eigenvalue weighted by atomic mass is 10.1. The number of rotatable bonds is 6. The number of nitrogens with one attached hydrogen (secondary N) is 1. The van der Waals surface area contributed by atoms with Crippen LogP contribution in [0.4, 0.5) is 5.00 Å². The quantitative estimate of drug-likeness (QED) is 0.753. The van der Waals surface area contributed by atoms with Gasteiger partial charge < -0.3 is 20.5 Å². The van der Waals surface area contributed by atoms with Gasteiger partial charge in [0.05, 0.1) is 18.2 Å². The minimum atomic E-state index is -0.635. The summed E-state index contributed by atoms with van der Waals surface area (Å²) in [7, 11) is 1.32. The third kappa shape index (κ3) is 3.55. The highest BCUT2D eigenvalue weighted by atomic mass is 32.1. The number of nitrogens with two attached hydrogens (primary N) is 1. The average molecular weight is 374 g/mol. The number of amides is 2. The van der Waals surface area contributed by atoms with Crippen LogP contribution in [0.2, 0.25) is 0 Å². The zero-order valence-electron chi connectivity index (χ0n) is 14.2. The molecule has 7 nitrogen and oxygen atoms in total. The molecule has 1 aromatic carbocycles. The van der Waals surface area contributed by atoms with Gasteiger partial charge in [0.2, 0.25) is 0 Å². The molecule has 0 saturated heterocycles. The van der Waals surface area contributed by atoms with Crippen molar-refractivity contribution in [3.63, 3.8) is 0 Å². The van der Waals surface area contributed by atoms with Crippen molar-refractivity contribution in [3.8, 4) is 5.75 Å². The second-order valence-electron chi connectivity index (χ2n) is 5.75. The van der Waals surface area contributed by atoms with E-state index in [-0.39, 0.29) is 17.9 Å². The monoisotopic (exact) mass is 374 g/mol. The van der Waals surface area contributed by atoms with Crippen LogP contribution in [0.25, 0.3) is 0 Å². The van der Waals surface area contributed by atoms with Gasteiger partial charge >= 0.3 is 5.97 Å². The Bertz CT molecular complexity index is 874. The molecule has 0 unspecified atom stereocenters. The van der Waals surface area contributed by atoms with Crippen LogP contribution >= 0.6 is 11.3 Å². The lowest BCUT2D eigenvalue weighted by molar-refractivity contribution is -0.118. The minimum Gasteiger partial charge on any atom is -0.483 e. The Hall–Kier alpha value is -2.87. The van der Waals surface area contributed by atoms with Crippen molar-refractivity contribution in [3.05, 3.63) is 45.8 Å². The van der Waals surface area contributed by atoms with Gasteiger partial charge in [0.1, 0.15) is 10.8 Å². The summed E-state index contributed by atoms with van der Waals surface area (Å²) in [6.45, 7) is -0.312. The Balaban J connectivity index is 1.72. The normalized spacial score (nSPS) is 12.3. The summed E-state index contributed by atoms with van der Waals surface area (Å²) in [5, 5.41) is 3.18. The van der Waals surface area contributed by atoms with E-state index < -0.39 is 17.8 Å². The number of primary amides is 1. The predicted octanol–water partition coefficient (Wildman–Crippen LogP) is 2.14. The molecule has 2 amide bonds. The number of carbonyl (C=O) groups is 3. The van der Waals surface area contributed by atoms with Crippen LogP contribution in [-0.2, 0) is 22.4 Å². The standard InChI is InChI=1S/C18H18N2O5S/c1-24-18(23)15-11-6-4-8-13(11)26-17(15)20-14(21)9-25-12-7-3-2-5-10(12)16(19)22/h2-3,5,7H,4,6,8-9H2,1H3,(H2,19,22)(H,20,21). The minimum absolute atomic E-state index is 0.200. The van der Waals surface area contributed by atoms with Crippen molar-refractivity contribution >= 4 is 34.1 Å². The van der Waals surface area contributed by atoms with Crippen molar-refractivity contribution in [2.24, 2.45) is 5.73 Å². The highest BCUT2D eigenvalue weighted by Crippen LogP contribution is 2.39. The van der Waals surface area contributed by atoms with Crippen molar-refractivity contribution < 1.29 is 23.9 Å². The SMILES string of the molecule is COC(=O)c1c(NC(=O)COc2ccccc2C(N)=O)sc2c1CCC2. The largest absolute Gasteiger partial charge is 0.483 e. The molecule has 0 saturated carbocycles. The van der Waals surface area contributed by atoms with E-state index in [9.17, 15) is 14.4 Å². The lowest BCUT2D eigenvalue weighted by Crippen LogP contribution is -2.22. The molecule has 8 heteroatoms. The van der Waals surface area contributed by atoms with Crippen molar-refractivity contribution in [2.45, 2.75) is 19.3 Å². The molecule has 2 aromatic rings. The molecule has 1 aliphatic rings. The van der Waals surface area contributed by atoms with Crippen LogP contribution in [0, 0.1) is 0 Å². The molecule has 1 aromatic heterocycles. The molecule has 0 atom stereocenters. The molecular formula is C18H18N2O5S. The second kappa shape index (κ2) is 7.57. The van der Waals surface area contributed by atoms with Crippen LogP contribution in [0.1, 0.15) is 37.6 Å². The summed E-state index contributed by atoms with van der Waals surface area (Å²) < 4.78 is 10.3. The Morgan fingerprint density at radius 1 is 1.23 bits per heavy atom. The van der Waals surface area contributed by atoms with Gasteiger partial charge in [-0.05, 0) is 37.0 Å². The first kappa shape index (κ1) is 17.9. The van der Waals surface area contributed by atoms with E-state index in [1.54, 1.807) is 18.2 Å². The summed E-state index contributed by atoms with van der Waals surface area (Å²) in [6, 6.07) is 6.42. The topological polar surface area (TPSA) is 108 Å². The van der Waals surface area contributed by atoms with Gasteiger partial charge in [0.15, 0.2) is 6.61 Å². The number of thiophene rings is 1. The summed E-state index contributed by atoms with van der Waals surface area (Å²) >= 11 is 1.39. The maximum absolute atomic E-state index is 12.3. The highest BCUT2D eigenvalue weighted by molar-refractivity contribution is 7.17. The van der Waals surface area contributed by atoms with Crippen LogP contribution in [0.5, 0.6) is 5.75 Å². The Kier molecular flexibility index (Phi) is 5.22. The molecule has 1 aliphatic carbocycles. The molecule has 0 radical (unpaired) electrons. The van der Waals surface area contributed by atoms with E-state index >= 15 is 0 Å². The average Bonchev–Trinajstić information content (AvgIpc) is 3.20. The summed E-state index contributed by atoms with van der Waals surface area (Å²) in [5.41, 5.74) is 6.87. The van der Waals surface area contributed by atoms with E-state index in [1.165, 1.54) is 24.5 Å². The molecule has 3 rings (SSSR count). The van der Waals surface area contributed by atoms with Gasteiger partial charge in [-0.1, -0.05) is 12.1 Å². The van der Waals surface area contributed by atoms with E-state index in [1.807, 2.05) is 0 Å². The van der Waals surface area contributed by atoms with E-state index in [0.29, 0.717) is 10.6 Å². The van der Waals surface area contributed by atoms with E-state index in [0.717, 1.165) is 29.7 Å². The number of hydrogen-bond acceptors (Lipinski definition) is 6. The second-order valence-corrected chi connectivity index (χ2v) is 6.86. The predicted molar refractivity (Wildman–Crippen MR) is 96.8 cm³/mol. The molecule has 136 valence electrons. The Morgan fingerprint density at radius 2 is 2.00 bits per heavy atom. The van der Waals surface area contributed by atoms with Gasteiger partial charge in [0, 0.05) is 4.88 Å². The fourth-order valence-corrected chi connectivity index (χ4v) is 4.21. The highest BCUT2D eigenvalue weighted by Gasteiger charge is 2.28. The maximum atomic E-state index is 12.3. The summed E-state index contributed by atoms with van der Waals surface area (Å²) in [6.07, 6.45) is 2.68. The fourth-order valence-electron chi connectivity index (χ4n) is 2.91. The Morgan fingerprint density at radius 3 is 2.73 bits per heavy atom. The number of esters is 1. The number of aryl methyl sites for hydroxylation is 1. The van der Waals surface area contributed by atoms with Crippen LogP contribution in [0.3, 0.4) is 0 Å². The number of para-hydroxylation sites is 1. The van der Waals surface area contributed by atoms with Crippen molar-refractivity contribution in [2.75, 3.05) is 19.0 Å². The molecular weight excluding hydrogens is 356 g/mol. The number of ether oxygens (including phenoxy) is 2. The van der Waals surface area contributed by atoms with Crippen molar-refractivity contribution in [1.82, 2.24) is 0 Å². The van der Waals surface area contributed by atoms with Gasteiger partial charge in [-0.25, -0.2) is 4.79 Å². The first-order valence-electron chi connectivity index (χ1n) is 8.05. The summed E-state index contributed by atoms with van der Waals surface area (Å²) in [5.74, 6) is -1.30. The molecule has 3 N–H and O–H groups in total. The fraction of sp³-hybridized carbons (Fsp3) is 0.278. The van der Waals surface area contributed by atoms with Gasteiger partial charge in [-0.3, -0.25) is 9.59 Å². The number of fused-ring (bicyclic) bond motifs is 1. The van der Waals surface area contributed by atoms with E-state index in [2.05, 4.69) is 5.32 Å². The molecule has 26 heavy (non-hydrogen) atoms. The van der Waals surface area contributed by atoms with E-state index in [4.69, 9.17) is 15.2 Å². The zero-order chi connectivity index (χ0) is 18.7. The number of carbonyl (C=O) groups excluding carboxylic acids is 3. The van der Waals surface area contributed by atoms with Crippen molar-refractivity contribution in [1.29, 1.82) is 0 Å². The van der Waals surface area contributed by atoms with Crippen LogP contribution in [-0.4, -0.2) is 31.5 Å². The van der Waals surface area contributed by atoms with Gasteiger partial charge in [-0.15, -0.1) is 11.3 Å². The van der Waals surface area contributed by atoms with Crippen LogP contribution < -0.4 is 15.8 Å². The number of anilines is 1. The van der Waals surface area contributed by atoms with Gasteiger partial charge in [0.25, 0.3) is 11.8 Å². The number of hydrogen-bond donors (Lipinski definition) is 2. The molecule has 0 spiro atoms. The van der Waals surface area contributed by atoms with Crippen LogP contribution in [0.15, 0.2) is 24.3 Å². The summed E-state index contributed by atoms with van der Waals surface area (Å²) in [4.78, 5) is 36.8. The third-order valence-electron chi connectivity index (χ3n) is 4.08. The zero-order valence-corrected chi connectivity index (χ0v) is 15.0. The molecule has 0 aliphatic heterocycles. The number of benzene rings is 1. The molecule has 0 fully saturated rings.